The third-order valence-corrected chi connectivity index (χ3v) is 6.15. The van der Waals surface area contributed by atoms with Crippen molar-refractivity contribution in [3.8, 4) is 22.8 Å². The minimum Gasteiger partial charge on any atom is -0.332 e. The SMILES string of the molecule is C=C(C)c1ccccc1-c1ncc2c(n1)n(Cc1ccc(-c3nc(Cl)cn3C)cc1)c(=N)n2C. The first-order chi connectivity index (χ1) is 16.3. The molecular weight excluding hydrogens is 446 g/mol. The quantitative estimate of drug-likeness (QED) is 0.391. The number of halogens is 1. The number of nitrogens with one attached hydrogen (secondary N) is 1. The molecule has 8 heteroatoms. The lowest BCUT2D eigenvalue weighted by Gasteiger charge is -2.09. The van der Waals surface area contributed by atoms with Crippen molar-refractivity contribution in [3.63, 3.8) is 0 Å². The van der Waals surface area contributed by atoms with Crippen LogP contribution in [-0.2, 0) is 20.6 Å². The van der Waals surface area contributed by atoms with Gasteiger partial charge in [0.25, 0.3) is 0 Å². The largest absolute Gasteiger partial charge is 0.332 e. The van der Waals surface area contributed by atoms with Gasteiger partial charge in [0.1, 0.15) is 16.5 Å². The molecule has 170 valence electrons. The summed E-state index contributed by atoms with van der Waals surface area (Å²) in [6, 6.07) is 16.1. The highest BCUT2D eigenvalue weighted by Crippen LogP contribution is 2.27. The minimum absolute atomic E-state index is 0.356. The summed E-state index contributed by atoms with van der Waals surface area (Å²) in [5, 5.41) is 9.15. The fourth-order valence-electron chi connectivity index (χ4n) is 4.17. The molecule has 34 heavy (non-hydrogen) atoms. The Kier molecular flexibility index (Phi) is 5.42. The monoisotopic (exact) mass is 469 g/mol. The molecule has 2 aromatic carbocycles. The van der Waals surface area contributed by atoms with Gasteiger partial charge < -0.3 is 9.13 Å². The van der Waals surface area contributed by atoms with E-state index in [1.54, 1.807) is 17.0 Å². The minimum atomic E-state index is 0.356. The van der Waals surface area contributed by atoms with Crippen molar-refractivity contribution in [1.29, 1.82) is 5.41 Å². The van der Waals surface area contributed by atoms with Gasteiger partial charge in [-0.25, -0.2) is 15.0 Å². The van der Waals surface area contributed by atoms with Crippen LogP contribution in [0.15, 0.2) is 67.5 Å². The van der Waals surface area contributed by atoms with Gasteiger partial charge in [-0.3, -0.25) is 9.98 Å². The van der Waals surface area contributed by atoms with Crippen LogP contribution in [0.5, 0.6) is 0 Å². The van der Waals surface area contributed by atoms with E-state index in [2.05, 4.69) is 16.5 Å². The molecular formula is C26H24ClN7. The molecule has 7 nitrogen and oxygen atoms in total. The summed E-state index contributed by atoms with van der Waals surface area (Å²) in [6.45, 7) is 6.58. The average molecular weight is 470 g/mol. The summed E-state index contributed by atoms with van der Waals surface area (Å²) in [4.78, 5) is 13.9. The Morgan fingerprint density at radius 2 is 1.79 bits per heavy atom. The van der Waals surface area contributed by atoms with Crippen LogP contribution in [-0.4, -0.2) is 28.7 Å². The molecule has 5 rings (SSSR count). The maximum atomic E-state index is 8.68. The molecule has 0 aliphatic rings. The third kappa shape index (κ3) is 3.74. The van der Waals surface area contributed by atoms with Gasteiger partial charge in [0, 0.05) is 31.4 Å². The van der Waals surface area contributed by atoms with Gasteiger partial charge in [0.2, 0.25) is 5.62 Å². The van der Waals surface area contributed by atoms with E-state index in [1.807, 2.05) is 78.7 Å². The molecule has 0 atom stereocenters. The molecule has 0 amide bonds. The number of allylic oxidation sites excluding steroid dienone is 1. The number of hydrogen-bond acceptors (Lipinski definition) is 4. The molecule has 0 aliphatic heterocycles. The van der Waals surface area contributed by atoms with Crippen LogP contribution < -0.4 is 5.62 Å². The van der Waals surface area contributed by atoms with Gasteiger partial charge in [0.05, 0.1) is 12.7 Å². The van der Waals surface area contributed by atoms with Gasteiger partial charge in [-0.05, 0) is 18.1 Å². The van der Waals surface area contributed by atoms with Gasteiger partial charge in [0.15, 0.2) is 11.5 Å². The van der Waals surface area contributed by atoms with Crippen molar-refractivity contribution in [1.82, 2.24) is 28.7 Å². The molecule has 0 spiro atoms. The average Bonchev–Trinajstić information content (AvgIpc) is 3.30. The van der Waals surface area contributed by atoms with Crippen LogP contribution in [0.3, 0.4) is 0 Å². The van der Waals surface area contributed by atoms with Crippen molar-refractivity contribution < 1.29 is 0 Å². The Hall–Kier alpha value is -3.97. The molecule has 0 unspecified atom stereocenters. The first-order valence-corrected chi connectivity index (χ1v) is 11.2. The van der Waals surface area contributed by atoms with Gasteiger partial charge >= 0.3 is 0 Å². The van der Waals surface area contributed by atoms with E-state index in [0.717, 1.165) is 39.2 Å². The van der Waals surface area contributed by atoms with Crippen LogP contribution in [0.2, 0.25) is 5.15 Å². The number of benzene rings is 2. The summed E-state index contributed by atoms with van der Waals surface area (Å²) in [5.74, 6) is 1.43. The summed E-state index contributed by atoms with van der Waals surface area (Å²) < 4.78 is 5.60. The molecule has 0 aliphatic carbocycles. The van der Waals surface area contributed by atoms with E-state index in [9.17, 15) is 0 Å². The first-order valence-electron chi connectivity index (χ1n) is 10.8. The summed E-state index contributed by atoms with van der Waals surface area (Å²) in [7, 11) is 3.78. The topological polar surface area (TPSA) is 77.3 Å². The molecule has 0 saturated heterocycles. The van der Waals surface area contributed by atoms with Gasteiger partial charge in [-0.15, -0.1) is 0 Å². The fourth-order valence-corrected chi connectivity index (χ4v) is 4.39. The van der Waals surface area contributed by atoms with Crippen molar-refractivity contribution in [3.05, 3.63) is 89.4 Å². The van der Waals surface area contributed by atoms with Crippen LogP contribution in [0.25, 0.3) is 39.5 Å². The lowest BCUT2D eigenvalue weighted by atomic mass is 10.0. The number of nitrogens with zero attached hydrogens (tertiary/aromatic N) is 6. The van der Waals surface area contributed by atoms with E-state index < -0.39 is 0 Å². The fraction of sp³-hybridized carbons (Fsp3) is 0.154. The second-order valence-corrected chi connectivity index (χ2v) is 8.78. The Labute approximate surface area is 202 Å². The molecule has 5 aromatic rings. The standard InChI is InChI=1S/C26H24ClN7/c1-16(2)19-7-5-6-8-20(19)23-29-13-21-25(31-23)34(26(28)33(21)4)14-17-9-11-18(12-10-17)24-30-22(27)15-32(24)3/h5-13,15,28H,1,14H2,2-4H3. The van der Waals surface area contributed by atoms with Gasteiger partial charge in [-0.1, -0.05) is 72.3 Å². The number of hydrogen-bond donors (Lipinski definition) is 1. The summed E-state index contributed by atoms with van der Waals surface area (Å²) in [6.07, 6.45) is 3.57. The van der Waals surface area contributed by atoms with Crippen molar-refractivity contribution in [2.45, 2.75) is 13.5 Å². The molecule has 3 aromatic heterocycles. The zero-order chi connectivity index (χ0) is 24.0. The molecule has 0 saturated carbocycles. The highest BCUT2D eigenvalue weighted by atomic mass is 35.5. The lowest BCUT2D eigenvalue weighted by Crippen LogP contribution is -2.23. The molecule has 0 radical (unpaired) electrons. The molecule has 1 N–H and O–H groups in total. The molecule has 0 fully saturated rings. The van der Waals surface area contributed by atoms with E-state index in [0.29, 0.717) is 28.8 Å². The van der Waals surface area contributed by atoms with Crippen molar-refractivity contribution >= 4 is 28.3 Å². The van der Waals surface area contributed by atoms with Crippen molar-refractivity contribution in [2.24, 2.45) is 14.1 Å². The highest BCUT2D eigenvalue weighted by molar-refractivity contribution is 6.29. The predicted molar refractivity (Wildman–Crippen MR) is 135 cm³/mol. The molecule has 3 heterocycles. The Morgan fingerprint density at radius 3 is 2.47 bits per heavy atom. The number of imidazole rings is 2. The predicted octanol–water partition coefficient (Wildman–Crippen LogP) is 5.05. The Bertz CT molecular complexity index is 1600. The Balaban J connectivity index is 1.56. The maximum Gasteiger partial charge on any atom is 0.204 e. The maximum absolute atomic E-state index is 8.68. The normalized spacial score (nSPS) is 11.3. The number of fused-ring (bicyclic) bond motifs is 1. The second-order valence-electron chi connectivity index (χ2n) is 8.39. The molecule has 0 bridgehead atoms. The number of rotatable bonds is 5. The smallest absolute Gasteiger partial charge is 0.204 e. The van der Waals surface area contributed by atoms with E-state index in [4.69, 9.17) is 22.0 Å². The number of aryl methyl sites for hydroxylation is 2. The zero-order valence-electron chi connectivity index (χ0n) is 19.2. The summed E-state index contributed by atoms with van der Waals surface area (Å²) >= 11 is 6.04. The van der Waals surface area contributed by atoms with Crippen LogP contribution in [0.4, 0.5) is 0 Å². The highest BCUT2D eigenvalue weighted by Gasteiger charge is 2.15. The van der Waals surface area contributed by atoms with E-state index in [-0.39, 0.29) is 0 Å². The third-order valence-electron chi connectivity index (χ3n) is 5.97. The van der Waals surface area contributed by atoms with E-state index >= 15 is 0 Å². The lowest BCUT2D eigenvalue weighted by molar-refractivity contribution is 0.691. The van der Waals surface area contributed by atoms with Crippen LogP contribution in [0, 0.1) is 5.41 Å². The van der Waals surface area contributed by atoms with Crippen molar-refractivity contribution in [2.75, 3.05) is 0 Å². The first kappa shape index (κ1) is 21.9. The van der Waals surface area contributed by atoms with E-state index in [1.165, 1.54) is 0 Å². The zero-order valence-corrected chi connectivity index (χ0v) is 20.0. The number of aromatic nitrogens is 6. The van der Waals surface area contributed by atoms with Crippen LogP contribution >= 0.6 is 11.6 Å². The van der Waals surface area contributed by atoms with Crippen LogP contribution in [0.1, 0.15) is 18.1 Å². The van der Waals surface area contributed by atoms with Gasteiger partial charge in [-0.2, -0.15) is 0 Å². The summed E-state index contributed by atoms with van der Waals surface area (Å²) in [5.41, 5.74) is 6.81. The second kappa shape index (κ2) is 8.43. The Morgan fingerprint density at radius 1 is 1.06 bits per heavy atom.